The Morgan fingerprint density at radius 2 is 2.00 bits per heavy atom. The molecule has 2 amide bonds. The summed E-state index contributed by atoms with van der Waals surface area (Å²) in [5, 5.41) is 2.52. The summed E-state index contributed by atoms with van der Waals surface area (Å²) in [6.07, 6.45) is 6.02. The molecule has 6 heteroatoms. The summed E-state index contributed by atoms with van der Waals surface area (Å²) < 4.78 is 5.69. The summed E-state index contributed by atoms with van der Waals surface area (Å²) in [7, 11) is 3.05. The van der Waals surface area contributed by atoms with Crippen molar-refractivity contribution in [1.29, 1.82) is 0 Å². The quantitative estimate of drug-likeness (QED) is 0.610. The molecule has 1 aliphatic heterocycles. The van der Waals surface area contributed by atoms with Gasteiger partial charge in [-0.05, 0) is 32.4 Å². The molecule has 0 spiro atoms. The second-order valence-corrected chi connectivity index (χ2v) is 3.64. The van der Waals surface area contributed by atoms with Gasteiger partial charge < -0.3 is 15.8 Å². The van der Waals surface area contributed by atoms with Gasteiger partial charge in [0, 0.05) is 13.2 Å². The number of allylic oxidation sites excluding steroid dienone is 1. The average Bonchev–Trinajstić information content (AvgIpc) is 3.00. The monoisotopic (exact) mass is 287 g/mol. The second kappa shape index (κ2) is 14.0. The molecule has 0 aromatic rings. The first-order valence-electron chi connectivity index (χ1n) is 7.08. The van der Waals surface area contributed by atoms with Gasteiger partial charge in [0.2, 0.25) is 0 Å². The van der Waals surface area contributed by atoms with Crippen LogP contribution in [0.1, 0.15) is 40.0 Å². The number of carbonyl (C=O) groups is 2. The van der Waals surface area contributed by atoms with Crippen LogP contribution in [0.5, 0.6) is 0 Å². The molecule has 0 aliphatic carbocycles. The molecule has 1 aliphatic rings. The fourth-order valence-electron chi connectivity index (χ4n) is 1.74. The summed E-state index contributed by atoms with van der Waals surface area (Å²) in [6.45, 7) is 6.05. The van der Waals surface area contributed by atoms with Crippen LogP contribution in [0.25, 0.3) is 0 Å². The van der Waals surface area contributed by atoms with Crippen molar-refractivity contribution in [3.05, 3.63) is 12.3 Å². The Bertz CT molecular complexity index is 283. The van der Waals surface area contributed by atoms with E-state index in [4.69, 9.17) is 4.74 Å². The largest absolute Gasteiger partial charge is 0.355 e. The van der Waals surface area contributed by atoms with E-state index in [1.165, 1.54) is 24.2 Å². The fourth-order valence-corrected chi connectivity index (χ4v) is 1.74. The molecule has 6 nitrogen and oxygen atoms in total. The summed E-state index contributed by atoms with van der Waals surface area (Å²) in [6, 6.07) is -0.264. The van der Waals surface area contributed by atoms with Gasteiger partial charge in [0.05, 0.1) is 6.10 Å². The Morgan fingerprint density at radius 3 is 2.40 bits per heavy atom. The number of nitrogens with two attached hydrogens (primary N) is 1. The topological polar surface area (TPSA) is 84.7 Å². The fraction of sp³-hybridized carbons (Fsp3) is 0.714. The Hall–Kier alpha value is -1.40. The molecule has 2 atom stereocenters. The van der Waals surface area contributed by atoms with Gasteiger partial charge in [-0.25, -0.2) is 4.79 Å². The molecular weight excluding hydrogens is 258 g/mol. The first-order chi connectivity index (χ1) is 9.72. The molecule has 1 rings (SSSR count). The van der Waals surface area contributed by atoms with Crippen molar-refractivity contribution in [1.82, 2.24) is 10.2 Å². The minimum Gasteiger partial charge on any atom is -0.355 e. The van der Waals surface area contributed by atoms with Crippen LogP contribution in [0.4, 0.5) is 4.79 Å². The molecule has 0 bridgehead atoms. The predicted octanol–water partition coefficient (Wildman–Crippen LogP) is 1.86. The second-order valence-electron chi connectivity index (χ2n) is 3.64. The molecule has 1 fully saturated rings. The Balaban J connectivity index is 0. The van der Waals surface area contributed by atoms with E-state index in [1.54, 1.807) is 7.05 Å². The Labute approximate surface area is 122 Å². The highest BCUT2D eigenvalue weighted by molar-refractivity contribution is 5.76. The van der Waals surface area contributed by atoms with Crippen LogP contribution in [0, 0.1) is 0 Å². The van der Waals surface area contributed by atoms with Crippen molar-refractivity contribution in [2.24, 2.45) is 5.73 Å². The van der Waals surface area contributed by atoms with Gasteiger partial charge in [-0.15, -0.1) is 0 Å². The zero-order valence-corrected chi connectivity index (χ0v) is 13.3. The van der Waals surface area contributed by atoms with Crippen LogP contribution in [0.15, 0.2) is 12.3 Å². The van der Waals surface area contributed by atoms with E-state index in [9.17, 15) is 9.59 Å². The van der Waals surface area contributed by atoms with Crippen molar-refractivity contribution in [3.63, 3.8) is 0 Å². The van der Waals surface area contributed by atoms with Gasteiger partial charge >= 0.3 is 6.03 Å². The predicted molar refractivity (Wildman–Crippen MR) is 81.1 cm³/mol. The van der Waals surface area contributed by atoms with Gasteiger partial charge in [0.25, 0.3) is 0 Å². The molecule has 118 valence electrons. The van der Waals surface area contributed by atoms with E-state index in [0.717, 1.165) is 19.3 Å². The van der Waals surface area contributed by atoms with Crippen molar-refractivity contribution >= 4 is 12.3 Å². The molecule has 0 aromatic carbocycles. The van der Waals surface area contributed by atoms with E-state index < -0.39 is 0 Å². The normalized spacial score (nSPS) is 20.3. The van der Waals surface area contributed by atoms with Crippen molar-refractivity contribution in [2.75, 3.05) is 14.1 Å². The van der Waals surface area contributed by atoms with Crippen molar-refractivity contribution < 1.29 is 14.3 Å². The van der Waals surface area contributed by atoms with E-state index in [2.05, 4.69) is 18.0 Å². The molecule has 2 unspecified atom stereocenters. The molecule has 0 aromatic heterocycles. The highest BCUT2D eigenvalue weighted by Crippen LogP contribution is 2.24. The summed E-state index contributed by atoms with van der Waals surface area (Å²) in [5.74, 6) is 0. The minimum atomic E-state index is -0.264. The molecule has 20 heavy (non-hydrogen) atoms. The van der Waals surface area contributed by atoms with Gasteiger partial charge in [0.1, 0.15) is 12.5 Å². The molecule has 1 saturated heterocycles. The number of hydrogen-bond donors (Lipinski definition) is 2. The number of nitrogens with zero attached hydrogens (tertiary/aromatic N) is 1. The lowest BCUT2D eigenvalue weighted by Crippen LogP contribution is -2.41. The number of rotatable bonds is 4. The number of amides is 2. The lowest BCUT2D eigenvalue weighted by molar-refractivity contribution is -0.104. The minimum absolute atomic E-state index is 0.210. The first kappa shape index (κ1) is 20.9. The molecular formula is C14H29N3O3. The zero-order valence-electron chi connectivity index (χ0n) is 13.3. The third kappa shape index (κ3) is 7.25. The number of carbonyl (C=O) groups excluding carboxylic acids is 2. The van der Waals surface area contributed by atoms with Crippen molar-refractivity contribution in [2.45, 2.75) is 52.4 Å². The van der Waals surface area contributed by atoms with E-state index >= 15 is 0 Å². The van der Waals surface area contributed by atoms with Gasteiger partial charge in [0.15, 0.2) is 0 Å². The summed E-state index contributed by atoms with van der Waals surface area (Å²) in [4.78, 5) is 23.3. The van der Waals surface area contributed by atoms with E-state index in [-0.39, 0.29) is 18.4 Å². The smallest absolute Gasteiger partial charge is 0.323 e. The van der Waals surface area contributed by atoms with Gasteiger partial charge in [-0.1, -0.05) is 20.8 Å². The SMILES string of the molecule is CC.CCC1CCC(N(/C=C\C=O)C(=O)NC)O1.CN. The number of hydrogen-bond acceptors (Lipinski definition) is 4. The van der Waals surface area contributed by atoms with E-state index in [0.29, 0.717) is 6.29 Å². The van der Waals surface area contributed by atoms with E-state index in [1.807, 2.05) is 13.8 Å². The van der Waals surface area contributed by atoms with Crippen LogP contribution in [0.3, 0.4) is 0 Å². The maximum Gasteiger partial charge on any atom is 0.323 e. The summed E-state index contributed by atoms with van der Waals surface area (Å²) in [5.41, 5.74) is 4.50. The van der Waals surface area contributed by atoms with Crippen LogP contribution in [-0.4, -0.2) is 43.6 Å². The molecule has 1 heterocycles. The number of aldehydes is 1. The molecule has 0 radical (unpaired) electrons. The van der Waals surface area contributed by atoms with Gasteiger partial charge in [-0.2, -0.15) is 0 Å². The molecule has 3 N–H and O–H groups in total. The molecule has 0 saturated carbocycles. The maximum atomic E-state index is 11.6. The van der Waals surface area contributed by atoms with Crippen LogP contribution < -0.4 is 11.1 Å². The highest BCUT2D eigenvalue weighted by Gasteiger charge is 2.30. The lowest BCUT2D eigenvalue weighted by atomic mass is 10.2. The first-order valence-corrected chi connectivity index (χ1v) is 7.08. The maximum absolute atomic E-state index is 11.6. The highest BCUT2D eigenvalue weighted by atomic mass is 16.5. The third-order valence-corrected chi connectivity index (χ3v) is 2.62. The summed E-state index contributed by atoms with van der Waals surface area (Å²) >= 11 is 0. The van der Waals surface area contributed by atoms with Crippen LogP contribution in [0.2, 0.25) is 0 Å². The zero-order chi connectivity index (χ0) is 16.0. The number of ether oxygens (including phenoxy) is 1. The average molecular weight is 287 g/mol. The van der Waals surface area contributed by atoms with Gasteiger partial charge in [-0.3, -0.25) is 9.69 Å². The van der Waals surface area contributed by atoms with Crippen LogP contribution >= 0.6 is 0 Å². The lowest BCUT2D eigenvalue weighted by Gasteiger charge is -2.24. The third-order valence-electron chi connectivity index (χ3n) is 2.62. The standard InChI is InChI=1S/C11H18N2O3.C2H6.CH5N/c1-3-9-5-6-10(16-9)13(7-4-8-14)11(15)12-2;2*1-2/h4,7-10H,3,5-6H2,1-2H3,(H,12,15);1-2H3;2H2,1H3/b7-4-;;. The Kier molecular flexibility index (Phi) is 14.7. The number of nitrogens with one attached hydrogen (secondary N) is 1. The Morgan fingerprint density at radius 1 is 1.40 bits per heavy atom. The number of urea groups is 1. The van der Waals surface area contributed by atoms with Crippen molar-refractivity contribution in [3.8, 4) is 0 Å². The van der Waals surface area contributed by atoms with Crippen LogP contribution in [-0.2, 0) is 9.53 Å².